The van der Waals surface area contributed by atoms with Gasteiger partial charge in [-0.3, -0.25) is 4.99 Å². The monoisotopic (exact) mass is 169 g/mol. The third kappa shape index (κ3) is 2.81. The zero-order valence-electron chi connectivity index (χ0n) is 8.08. The van der Waals surface area contributed by atoms with E-state index in [1.54, 1.807) is 0 Å². The number of rotatable bonds is 2. The molecule has 2 N–H and O–H groups in total. The highest BCUT2D eigenvalue weighted by Crippen LogP contribution is 2.11. The first kappa shape index (κ1) is 9.52. The van der Waals surface area contributed by atoms with Crippen molar-refractivity contribution in [3.63, 3.8) is 0 Å². The molecule has 0 aliphatic carbocycles. The summed E-state index contributed by atoms with van der Waals surface area (Å²) in [5, 5.41) is 0. The maximum Gasteiger partial charge on any atom is 0.0937 e. The van der Waals surface area contributed by atoms with Crippen molar-refractivity contribution >= 4 is 5.84 Å². The average Bonchev–Trinajstić information content (AvgIpc) is 2.09. The summed E-state index contributed by atoms with van der Waals surface area (Å²) < 4.78 is 0. The summed E-state index contributed by atoms with van der Waals surface area (Å²) in [5.74, 6) is 0.810. The Morgan fingerprint density at radius 1 is 1.50 bits per heavy atom. The third-order valence-corrected chi connectivity index (χ3v) is 2.40. The number of nitrogens with two attached hydrogens (primary N) is 1. The molecule has 1 fully saturated rings. The number of nitrogens with zero attached hydrogens (tertiary/aromatic N) is 2. The van der Waals surface area contributed by atoms with Crippen LogP contribution >= 0.6 is 0 Å². The zero-order valence-corrected chi connectivity index (χ0v) is 8.08. The quantitative estimate of drug-likeness (QED) is 0.492. The van der Waals surface area contributed by atoms with E-state index in [1.165, 1.54) is 0 Å². The summed E-state index contributed by atoms with van der Waals surface area (Å²) in [7, 11) is 2.16. The number of aliphatic imine (C=N–C) groups is 1. The molecular weight excluding hydrogens is 150 g/mol. The van der Waals surface area contributed by atoms with Crippen LogP contribution in [0.4, 0.5) is 0 Å². The molecule has 1 heterocycles. The molecule has 1 rings (SSSR count). The number of likely N-dealkylation sites (tertiary alicyclic amines) is 1. The number of hydrogen-bond donors (Lipinski definition) is 1. The molecule has 1 aliphatic rings. The van der Waals surface area contributed by atoms with Crippen molar-refractivity contribution in [3.05, 3.63) is 0 Å². The van der Waals surface area contributed by atoms with E-state index < -0.39 is 0 Å². The van der Waals surface area contributed by atoms with Gasteiger partial charge in [0.1, 0.15) is 0 Å². The van der Waals surface area contributed by atoms with Crippen molar-refractivity contribution in [3.8, 4) is 0 Å². The smallest absolute Gasteiger partial charge is 0.0937 e. The van der Waals surface area contributed by atoms with Crippen molar-refractivity contribution in [1.82, 2.24) is 4.90 Å². The lowest BCUT2D eigenvalue weighted by Gasteiger charge is -2.26. The molecule has 0 spiro atoms. The van der Waals surface area contributed by atoms with Gasteiger partial charge >= 0.3 is 0 Å². The van der Waals surface area contributed by atoms with Crippen LogP contribution in [0.3, 0.4) is 0 Å². The van der Waals surface area contributed by atoms with Gasteiger partial charge < -0.3 is 10.6 Å². The van der Waals surface area contributed by atoms with Gasteiger partial charge in [-0.2, -0.15) is 0 Å². The SMILES string of the molecule is CCC(N)=NC1CCN(C)CC1. The molecule has 12 heavy (non-hydrogen) atoms. The fourth-order valence-corrected chi connectivity index (χ4v) is 1.45. The standard InChI is InChI=1S/C9H19N3/c1-3-9(10)11-8-4-6-12(2)7-5-8/h8H,3-7H2,1-2H3,(H2,10,11). The van der Waals surface area contributed by atoms with Crippen LogP contribution in [-0.2, 0) is 0 Å². The van der Waals surface area contributed by atoms with E-state index in [9.17, 15) is 0 Å². The van der Waals surface area contributed by atoms with Crippen LogP contribution in [0.15, 0.2) is 4.99 Å². The second kappa shape index (κ2) is 4.45. The lowest BCUT2D eigenvalue weighted by atomic mass is 10.1. The Hall–Kier alpha value is -0.570. The number of piperidine rings is 1. The summed E-state index contributed by atoms with van der Waals surface area (Å²) in [6.07, 6.45) is 3.21. The van der Waals surface area contributed by atoms with Crippen LogP contribution in [0.1, 0.15) is 26.2 Å². The van der Waals surface area contributed by atoms with E-state index in [0.29, 0.717) is 6.04 Å². The van der Waals surface area contributed by atoms with Crippen molar-refractivity contribution in [1.29, 1.82) is 0 Å². The molecule has 0 aromatic heterocycles. The summed E-state index contributed by atoms with van der Waals surface area (Å²) >= 11 is 0. The molecular formula is C9H19N3. The lowest BCUT2D eigenvalue weighted by molar-refractivity contribution is 0.257. The maximum absolute atomic E-state index is 5.67. The van der Waals surface area contributed by atoms with Gasteiger partial charge in [0.15, 0.2) is 0 Å². The van der Waals surface area contributed by atoms with E-state index in [-0.39, 0.29) is 0 Å². The number of hydrogen-bond acceptors (Lipinski definition) is 2. The Bertz CT molecular complexity index is 157. The Morgan fingerprint density at radius 2 is 2.08 bits per heavy atom. The average molecular weight is 169 g/mol. The van der Waals surface area contributed by atoms with Crippen LogP contribution in [-0.4, -0.2) is 36.9 Å². The van der Waals surface area contributed by atoms with Crippen LogP contribution in [0, 0.1) is 0 Å². The minimum absolute atomic E-state index is 0.487. The van der Waals surface area contributed by atoms with Crippen LogP contribution < -0.4 is 5.73 Å². The molecule has 0 aromatic carbocycles. The van der Waals surface area contributed by atoms with Crippen molar-refractivity contribution in [2.24, 2.45) is 10.7 Å². The predicted octanol–water partition coefficient (Wildman–Crippen LogP) is 0.848. The fraction of sp³-hybridized carbons (Fsp3) is 0.889. The van der Waals surface area contributed by atoms with Crippen LogP contribution in [0.2, 0.25) is 0 Å². The van der Waals surface area contributed by atoms with Gasteiger partial charge in [0.05, 0.1) is 11.9 Å². The molecule has 0 aromatic rings. The minimum Gasteiger partial charge on any atom is -0.387 e. The molecule has 0 bridgehead atoms. The van der Waals surface area contributed by atoms with Gasteiger partial charge in [0.2, 0.25) is 0 Å². The first-order chi connectivity index (χ1) is 5.72. The molecule has 1 aliphatic heterocycles. The van der Waals surface area contributed by atoms with Gasteiger partial charge in [-0.05, 0) is 33.0 Å². The summed E-state index contributed by atoms with van der Waals surface area (Å²) in [4.78, 5) is 6.80. The molecule has 0 amide bonds. The second-order valence-electron chi connectivity index (χ2n) is 3.51. The molecule has 0 atom stereocenters. The highest BCUT2D eigenvalue weighted by Gasteiger charge is 2.15. The van der Waals surface area contributed by atoms with E-state index in [4.69, 9.17) is 5.73 Å². The normalized spacial score (nSPS) is 23.0. The van der Waals surface area contributed by atoms with E-state index in [0.717, 1.165) is 38.2 Å². The van der Waals surface area contributed by atoms with Gasteiger partial charge in [0, 0.05) is 6.42 Å². The Morgan fingerprint density at radius 3 is 2.58 bits per heavy atom. The molecule has 70 valence electrons. The van der Waals surface area contributed by atoms with Crippen molar-refractivity contribution in [2.75, 3.05) is 20.1 Å². The molecule has 1 saturated heterocycles. The first-order valence-electron chi connectivity index (χ1n) is 4.73. The zero-order chi connectivity index (χ0) is 8.97. The van der Waals surface area contributed by atoms with Crippen molar-refractivity contribution in [2.45, 2.75) is 32.2 Å². The molecule has 3 nitrogen and oxygen atoms in total. The van der Waals surface area contributed by atoms with Gasteiger partial charge in [0.25, 0.3) is 0 Å². The highest BCUT2D eigenvalue weighted by molar-refractivity contribution is 5.80. The molecule has 3 heteroatoms. The Kier molecular flexibility index (Phi) is 3.53. The van der Waals surface area contributed by atoms with Gasteiger partial charge in [-0.15, -0.1) is 0 Å². The van der Waals surface area contributed by atoms with Gasteiger partial charge in [-0.1, -0.05) is 6.92 Å². The molecule has 0 radical (unpaired) electrons. The third-order valence-electron chi connectivity index (χ3n) is 2.40. The van der Waals surface area contributed by atoms with Crippen molar-refractivity contribution < 1.29 is 0 Å². The van der Waals surface area contributed by atoms with Gasteiger partial charge in [-0.25, -0.2) is 0 Å². The highest BCUT2D eigenvalue weighted by atomic mass is 15.1. The first-order valence-corrected chi connectivity index (χ1v) is 4.73. The van der Waals surface area contributed by atoms with E-state index >= 15 is 0 Å². The van der Waals surface area contributed by atoms with E-state index in [1.807, 2.05) is 6.92 Å². The van der Waals surface area contributed by atoms with Crippen LogP contribution in [0.5, 0.6) is 0 Å². The summed E-state index contributed by atoms with van der Waals surface area (Å²) in [5.41, 5.74) is 5.67. The second-order valence-corrected chi connectivity index (χ2v) is 3.51. The number of amidine groups is 1. The Balaban J connectivity index is 2.35. The fourth-order valence-electron chi connectivity index (χ4n) is 1.45. The minimum atomic E-state index is 0.487. The summed E-state index contributed by atoms with van der Waals surface area (Å²) in [6, 6.07) is 0.487. The lowest BCUT2D eigenvalue weighted by Crippen LogP contribution is -2.33. The van der Waals surface area contributed by atoms with Crippen LogP contribution in [0.25, 0.3) is 0 Å². The van der Waals surface area contributed by atoms with E-state index in [2.05, 4.69) is 16.9 Å². The topological polar surface area (TPSA) is 41.6 Å². The largest absolute Gasteiger partial charge is 0.387 e. The molecule has 0 saturated carbocycles. The summed E-state index contributed by atoms with van der Waals surface area (Å²) in [6.45, 7) is 4.37. The maximum atomic E-state index is 5.67. The Labute approximate surface area is 74.6 Å². The predicted molar refractivity (Wildman–Crippen MR) is 52.4 cm³/mol. The molecule has 0 unspecified atom stereocenters.